The van der Waals surface area contributed by atoms with Crippen molar-refractivity contribution in [2.45, 2.75) is 6.04 Å². The van der Waals surface area contributed by atoms with Gasteiger partial charge >= 0.3 is 0 Å². The monoisotopic (exact) mass is 340 g/mol. The number of carbonyl (C=O) groups is 1. The molecule has 1 unspecified atom stereocenters. The van der Waals surface area contributed by atoms with Crippen LogP contribution in [0.2, 0.25) is 0 Å². The minimum atomic E-state index is -0.423. The zero-order chi connectivity index (χ0) is 17.1. The number of hydrogen-bond acceptors (Lipinski definition) is 6. The lowest BCUT2D eigenvalue weighted by atomic mass is 9.98. The highest BCUT2D eigenvalue weighted by Crippen LogP contribution is 2.33. The highest BCUT2D eigenvalue weighted by Gasteiger charge is 2.31. The van der Waals surface area contributed by atoms with Crippen LogP contribution in [0.3, 0.4) is 0 Å². The van der Waals surface area contributed by atoms with Crippen molar-refractivity contribution in [1.29, 1.82) is 0 Å². The molecule has 1 fully saturated rings. The van der Waals surface area contributed by atoms with Crippen LogP contribution in [0, 0.1) is 0 Å². The molecule has 1 atom stereocenters. The number of carbonyl (C=O) groups excluding carboxylic acids is 1. The van der Waals surface area contributed by atoms with Gasteiger partial charge in [-0.05, 0) is 30.3 Å². The molecule has 0 bridgehead atoms. The maximum atomic E-state index is 13.3. The van der Waals surface area contributed by atoms with E-state index in [-0.39, 0.29) is 5.78 Å². The SMILES string of the molecule is O=C(c1ccc2c(c1)OCCO2)C(c1ccccn1)N1CCOCC1. The van der Waals surface area contributed by atoms with Gasteiger partial charge in [0.1, 0.15) is 19.3 Å². The Balaban J connectivity index is 1.67. The van der Waals surface area contributed by atoms with Gasteiger partial charge in [0, 0.05) is 24.8 Å². The van der Waals surface area contributed by atoms with Crippen molar-refractivity contribution in [3.05, 3.63) is 53.9 Å². The molecule has 3 heterocycles. The molecule has 6 heteroatoms. The predicted octanol–water partition coefficient (Wildman–Crippen LogP) is 2.11. The Kier molecular flexibility index (Phi) is 4.63. The second-order valence-corrected chi connectivity index (χ2v) is 6.03. The zero-order valence-corrected chi connectivity index (χ0v) is 13.9. The maximum absolute atomic E-state index is 13.3. The van der Waals surface area contributed by atoms with Crippen molar-refractivity contribution < 1.29 is 19.0 Å². The molecule has 2 aliphatic rings. The molecule has 25 heavy (non-hydrogen) atoms. The lowest BCUT2D eigenvalue weighted by molar-refractivity contribution is 0.0165. The van der Waals surface area contributed by atoms with E-state index in [2.05, 4.69) is 9.88 Å². The summed E-state index contributed by atoms with van der Waals surface area (Å²) >= 11 is 0. The van der Waals surface area contributed by atoms with Gasteiger partial charge in [-0.3, -0.25) is 14.7 Å². The summed E-state index contributed by atoms with van der Waals surface area (Å²) in [6.07, 6.45) is 1.72. The van der Waals surface area contributed by atoms with Gasteiger partial charge in [-0.1, -0.05) is 6.07 Å². The van der Waals surface area contributed by atoms with Gasteiger partial charge < -0.3 is 14.2 Å². The van der Waals surface area contributed by atoms with Gasteiger partial charge in [-0.25, -0.2) is 0 Å². The van der Waals surface area contributed by atoms with E-state index < -0.39 is 6.04 Å². The molecular weight excluding hydrogens is 320 g/mol. The third-order valence-electron chi connectivity index (χ3n) is 4.45. The van der Waals surface area contributed by atoms with E-state index in [1.165, 1.54) is 0 Å². The normalized spacial score (nSPS) is 18.6. The van der Waals surface area contributed by atoms with Gasteiger partial charge in [0.15, 0.2) is 17.3 Å². The Morgan fingerprint density at radius 1 is 1.00 bits per heavy atom. The minimum absolute atomic E-state index is 0.0116. The smallest absolute Gasteiger partial charge is 0.186 e. The van der Waals surface area contributed by atoms with Crippen LogP contribution in [0.5, 0.6) is 11.5 Å². The second kappa shape index (κ2) is 7.21. The summed E-state index contributed by atoms with van der Waals surface area (Å²) in [4.78, 5) is 19.9. The molecule has 0 saturated carbocycles. The van der Waals surface area contributed by atoms with Crippen LogP contribution in [0.1, 0.15) is 22.1 Å². The van der Waals surface area contributed by atoms with Gasteiger partial charge in [0.25, 0.3) is 0 Å². The first kappa shape index (κ1) is 16.1. The van der Waals surface area contributed by atoms with Crippen LogP contribution in [0.4, 0.5) is 0 Å². The molecule has 0 aliphatic carbocycles. The average molecular weight is 340 g/mol. The summed E-state index contributed by atoms with van der Waals surface area (Å²) in [7, 11) is 0. The van der Waals surface area contributed by atoms with Crippen molar-refractivity contribution in [2.24, 2.45) is 0 Å². The quantitative estimate of drug-likeness (QED) is 0.795. The average Bonchev–Trinajstić information content (AvgIpc) is 2.69. The number of fused-ring (bicyclic) bond motifs is 1. The molecule has 130 valence electrons. The van der Waals surface area contributed by atoms with E-state index in [0.29, 0.717) is 56.6 Å². The summed E-state index contributed by atoms with van der Waals surface area (Å²) in [6, 6.07) is 10.6. The standard InChI is InChI=1S/C19H20N2O4/c22-19(14-4-5-16-17(13-14)25-12-11-24-16)18(15-3-1-2-6-20-15)21-7-9-23-10-8-21/h1-6,13,18H,7-12H2. The number of ether oxygens (including phenoxy) is 3. The second-order valence-electron chi connectivity index (χ2n) is 6.03. The van der Waals surface area contributed by atoms with Gasteiger partial charge in [0.05, 0.1) is 18.9 Å². The summed E-state index contributed by atoms with van der Waals surface area (Å²) in [5.41, 5.74) is 1.36. The number of benzene rings is 1. The topological polar surface area (TPSA) is 60.9 Å². The Labute approximate surface area is 146 Å². The highest BCUT2D eigenvalue weighted by atomic mass is 16.6. The molecule has 0 spiro atoms. The Bertz CT molecular complexity index is 744. The first-order valence-electron chi connectivity index (χ1n) is 8.49. The third-order valence-corrected chi connectivity index (χ3v) is 4.45. The first-order valence-corrected chi connectivity index (χ1v) is 8.49. The molecule has 6 nitrogen and oxygen atoms in total. The number of pyridine rings is 1. The molecule has 0 N–H and O–H groups in total. The van der Waals surface area contributed by atoms with Crippen LogP contribution >= 0.6 is 0 Å². The van der Waals surface area contributed by atoms with Crippen LogP contribution < -0.4 is 9.47 Å². The lowest BCUT2D eigenvalue weighted by Crippen LogP contribution is -2.42. The Morgan fingerprint density at radius 2 is 1.80 bits per heavy atom. The lowest BCUT2D eigenvalue weighted by Gasteiger charge is -2.33. The molecule has 0 amide bonds. The summed E-state index contributed by atoms with van der Waals surface area (Å²) in [6.45, 7) is 3.69. The molecule has 4 rings (SSSR count). The summed E-state index contributed by atoms with van der Waals surface area (Å²) in [5.74, 6) is 1.32. The molecule has 1 aromatic carbocycles. The Hall–Kier alpha value is -2.44. The fourth-order valence-corrected chi connectivity index (χ4v) is 3.22. The van der Waals surface area contributed by atoms with Crippen LogP contribution in [0.15, 0.2) is 42.6 Å². The fraction of sp³-hybridized carbons (Fsp3) is 0.368. The van der Waals surface area contributed by atoms with Crippen molar-refractivity contribution >= 4 is 5.78 Å². The van der Waals surface area contributed by atoms with Gasteiger partial charge in [-0.15, -0.1) is 0 Å². The number of aromatic nitrogens is 1. The van der Waals surface area contributed by atoms with E-state index in [0.717, 1.165) is 5.69 Å². The van der Waals surface area contributed by atoms with Crippen molar-refractivity contribution in [3.8, 4) is 11.5 Å². The van der Waals surface area contributed by atoms with E-state index >= 15 is 0 Å². The van der Waals surface area contributed by atoms with Crippen LogP contribution in [-0.4, -0.2) is 55.2 Å². The third kappa shape index (κ3) is 3.36. The largest absolute Gasteiger partial charge is 0.486 e. The summed E-state index contributed by atoms with van der Waals surface area (Å²) < 4.78 is 16.6. The van der Waals surface area contributed by atoms with Gasteiger partial charge in [-0.2, -0.15) is 0 Å². The van der Waals surface area contributed by atoms with Crippen molar-refractivity contribution in [1.82, 2.24) is 9.88 Å². The molecule has 0 radical (unpaired) electrons. The van der Waals surface area contributed by atoms with Crippen LogP contribution in [0.25, 0.3) is 0 Å². The molecule has 2 aliphatic heterocycles. The van der Waals surface area contributed by atoms with E-state index in [4.69, 9.17) is 14.2 Å². The fourth-order valence-electron chi connectivity index (χ4n) is 3.22. The van der Waals surface area contributed by atoms with E-state index in [1.54, 1.807) is 24.4 Å². The number of nitrogens with zero attached hydrogens (tertiary/aromatic N) is 2. The molecule has 1 aromatic heterocycles. The molecular formula is C19H20N2O4. The van der Waals surface area contributed by atoms with Crippen LogP contribution in [-0.2, 0) is 4.74 Å². The molecule has 2 aromatic rings. The predicted molar refractivity (Wildman–Crippen MR) is 91.1 cm³/mol. The highest BCUT2D eigenvalue weighted by molar-refractivity contribution is 6.01. The van der Waals surface area contributed by atoms with Gasteiger partial charge in [0.2, 0.25) is 0 Å². The van der Waals surface area contributed by atoms with Crippen molar-refractivity contribution in [3.63, 3.8) is 0 Å². The number of rotatable bonds is 4. The Morgan fingerprint density at radius 3 is 2.56 bits per heavy atom. The maximum Gasteiger partial charge on any atom is 0.186 e. The molecule has 1 saturated heterocycles. The van der Waals surface area contributed by atoms with E-state index in [9.17, 15) is 4.79 Å². The zero-order valence-electron chi connectivity index (χ0n) is 13.9. The number of morpholine rings is 1. The summed E-state index contributed by atoms with van der Waals surface area (Å²) in [5, 5.41) is 0. The number of ketones is 1. The van der Waals surface area contributed by atoms with Crippen molar-refractivity contribution in [2.75, 3.05) is 39.5 Å². The number of Topliss-reactive ketones (excluding diaryl/α,β-unsaturated/α-hetero) is 1. The van der Waals surface area contributed by atoms with E-state index in [1.807, 2.05) is 18.2 Å². The minimum Gasteiger partial charge on any atom is -0.486 e. The first-order chi connectivity index (χ1) is 12.3. The number of hydrogen-bond donors (Lipinski definition) is 0.